The number of halogens is 2. The number of sulfone groups is 1. The topological polar surface area (TPSA) is 79.8 Å². The number of hydrogen-bond acceptors (Lipinski definition) is 4. The van der Waals surface area contributed by atoms with Crippen LogP contribution in [0.1, 0.15) is 13.3 Å². The molecular weight excluding hydrogens is 448 g/mol. The molecule has 0 aliphatic carbocycles. The van der Waals surface area contributed by atoms with Crippen LogP contribution in [0.4, 0.5) is 4.39 Å². The molecule has 0 amide bonds. The van der Waals surface area contributed by atoms with Gasteiger partial charge in [-0.2, -0.15) is 0 Å². The zero-order valence-electron chi connectivity index (χ0n) is 14.1. The molecule has 0 bridgehead atoms. The van der Waals surface area contributed by atoms with Gasteiger partial charge in [-0.1, -0.05) is 13.0 Å². The Balaban J connectivity index is 0.00000529. The molecule has 1 aromatic rings. The largest absolute Gasteiger partial charge is 0.489 e. The fraction of sp³-hybridized carbons (Fsp3) is 0.533. The molecule has 138 valence electrons. The molecule has 0 saturated heterocycles. The maximum Gasteiger partial charge on any atom is 0.191 e. The van der Waals surface area contributed by atoms with E-state index in [2.05, 4.69) is 15.6 Å². The maximum absolute atomic E-state index is 13.2. The minimum absolute atomic E-state index is 0. The zero-order chi connectivity index (χ0) is 17.3. The van der Waals surface area contributed by atoms with Crippen molar-refractivity contribution in [3.63, 3.8) is 0 Å². The Kier molecular flexibility index (Phi) is 10.9. The lowest BCUT2D eigenvalue weighted by atomic mass is 10.2. The highest BCUT2D eigenvalue weighted by atomic mass is 127. The predicted octanol–water partition coefficient (Wildman–Crippen LogP) is 1.81. The van der Waals surface area contributed by atoms with Crippen LogP contribution in [0.5, 0.6) is 5.75 Å². The second-order valence-corrected chi connectivity index (χ2v) is 7.38. The van der Waals surface area contributed by atoms with Crippen molar-refractivity contribution < 1.29 is 17.5 Å². The fourth-order valence-corrected chi connectivity index (χ4v) is 2.26. The number of rotatable bonds is 8. The lowest BCUT2D eigenvalue weighted by molar-refractivity contribution is 0.199. The third-order valence-electron chi connectivity index (χ3n) is 3.04. The number of nitrogens with one attached hydrogen (secondary N) is 2. The number of nitrogens with zero attached hydrogens (tertiary/aromatic N) is 1. The van der Waals surface area contributed by atoms with Gasteiger partial charge >= 0.3 is 0 Å². The van der Waals surface area contributed by atoms with Crippen molar-refractivity contribution in [2.45, 2.75) is 19.4 Å². The lowest BCUT2D eigenvalue weighted by Crippen LogP contribution is -2.43. The van der Waals surface area contributed by atoms with E-state index in [9.17, 15) is 12.8 Å². The summed E-state index contributed by atoms with van der Waals surface area (Å²) in [5, 5.41) is 5.99. The van der Waals surface area contributed by atoms with Crippen LogP contribution in [0.2, 0.25) is 0 Å². The highest BCUT2D eigenvalue weighted by Crippen LogP contribution is 2.14. The third kappa shape index (κ3) is 9.91. The van der Waals surface area contributed by atoms with E-state index < -0.39 is 9.84 Å². The molecule has 0 fully saturated rings. The van der Waals surface area contributed by atoms with Crippen molar-refractivity contribution in [3.8, 4) is 5.75 Å². The van der Waals surface area contributed by atoms with Crippen molar-refractivity contribution >= 4 is 39.8 Å². The molecule has 0 aliphatic heterocycles. The molecular formula is C15H25FIN3O3S. The third-order valence-corrected chi connectivity index (χ3v) is 3.99. The Hall–Kier alpha value is -1.10. The van der Waals surface area contributed by atoms with Crippen molar-refractivity contribution in [3.05, 3.63) is 30.1 Å². The molecule has 1 unspecified atom stereocenters. The van der Waals surface area contributed by atoms with Crippen LogP contribution in [0.25, 0.3) is 0 Å². The summed E-state index contributed by atoms with van der Waals surface area (Å²) in [6.45, 7) is 2.71. The molecule has 1 atom stereocenters. The first-order chi connectivity index (χ1) is 10.8. The quantitative estimate of drug-likeness (QED) is 0.342. The summed E-state index contributed by atoms with van der Waals surface area (Å²) in [7, 11) is -1.41. The van der Waals surface area contributed by atoms with E-state index in [0.717, 1.165) is 6.42 Å². The van der Waals surface area contributed by atoms with E-state index in [1.807, 2.05) is 6.92 Å². The van der Waals surface area contributed by atoms with Crippen molar-refractivity contribution in [1.82, 2.24) is 10.6 Å². The summed E-state index contributed by atoms with van der Waals surface area (Å²) in [5.74, 6) is 0.655. The molecule has 6 nitrogen and oxygen atoms in total. The van der Waals surface area contributed by atoms with E-state index in [4.69, 9.17) is 4.74 Å². The first-order valence-corrected chi connectivity index (χ1v) is 9.44. The Labute approximate surface area is 160 Å². The van der Waals surface area contributed by atoms with Crippen LogP contribution in [0.15, 0.2) is 29.3 Å². The van der Waals surface area contributed by atoms with Gasteiger partial charge in [0.2, 0.25) is 0 Å². The maximum atomic E-state index is 13.2. The van der Waals surface area contributed by atoms with Gasteiger partial charge < -0.3 is 15.4 Å². The molecule has 0 saturated carbocycles. The van der Waals surface area contributed by atoms with E-state index in [1.54, 1.807) is 19.2 Å². The summed E-state index contributed by atoms with van der Waals surface area (Å²) in [6.07, 6.45) is 1.75. The molecule has 1 aromatic carbocycles. The van der Waals surface area contributed by atoms with Crippen LogP contribution >= 0.6 is 24.0 Å². The van der Waals surface area contributed by atoms with E-state index in [0.29, 0.717) is 18.3 Å². The second-order valence-electron chi connectivity index (χ2n) is 5.12. The van der Waals surface area contributed by atoms with Gasteiger partial charge in [-0.15, -0.1) is 24.0 Å². The molecule has 0 radical (unpaired) electrons. The Morgan fingerprint density at radius 2 is 2.08 bits per heavy atom. The summed E-state index contributed by atoms with van der Waals surface area (Å²) in [4.78, 5) is 4.02. The molecule has 24 heavy (non-hydrogen) atoms. The molecule has 1 rings (SSSR count). The van der Waals surface area contributed by atoms with Crippen molar-refractivity contribution in [2.75, 3.05) is 32.1 Å². The standard InChI is InChI=1S/C15H24FN3O3S.HI/c1-4-13(22-14-7-5-6-12(16)10-14)11-19-15(17-2)18-8-9-23(3,20)21;/h5-7,10,13H,4,8-9,11H2,1-3H3,(H2,17,18,19);1H. The highest BCUT2D eigenvalue weighted by Gasteiger charge is 2.10. The van der Waals surface area contributed by atoms with Gasteiger partial charge in [-0.25, -0.2) is 12.8 Å². The Morgan fingerprint density at radius 3 is 2.62 bits per heavy atom. The minimum Gasteiger partial charge on any atom is -0.489 e. The molecule has 2 N–H and O–H groups in total. The minimum atomic E-state index is -3.01. The van der Waals surface area contributed by atoms with Crippen LogP contribution in [-0.4, -0.2) is 52.6 Å². The van der Waals surface area contributed by atoms with Gasteiger partial charge in [0.05, 0.1) is 12.3 Å². The molecule has 0 spiro atoms. The summed E-state index contributed by atoms with van der Waals surface area (Å²) < 4.78 is 41.1. The predicted molar refractivity (Wildman–Crippen MR) is 106 cm³/mol. The van der Waals surface area contributed by atoms with Crippen LogP contribution in [0, 0.1) is 5.82 Å². The molecule has 0 aromatic heterocycles. The number of benzene rings is 1. The number of hydrogen-bond donors (Lipinski definition) is 2. The zero-order valence-corrected chi connectivity index (χ0v) is 17.2. The van der Waals surface area contributed by atoms with Gasteiger partial charge in [0, 0.05) is 25.9 Å². The molecule has 9 heteroatoms. The first kappa shape index (κ1) is 22.9. The van der Waals surface area contributed by atoms with E-state index in [1.165, 1.54) is 18.4 Å². The Morgan fingerprint density at radius 1 is 1.38 bits per heavy atom. The van der Waals surface area contributed by atoms with Gasteiger partial charge in [-0.05, 0) is 18.6 Å². The first-order valence-electron chi connectivity index (χ1n) is 7.38. The van der Waals surface area contributed by atoms with E-state index in [-0.39, 0.29) is 48.2 Å². The SMILES string of the molecule is CCC(CNC(=NC)NCCS(C)(=O)=O)Oc1cccc(F)c1.I. The second kappa shape index (κ2) is 11.5. The Bertz CT molecular complexity index is 626. The molecule has 0 aliphatic rings. The lowest BCUT2D eigenvalue weighted by Gasteiger charge is -2.20. The van der Waals surface area contributed by atoms with Gasteiger partial charge in [0.25, 0.3) is 0 Å². The summed E-state index contributed by atoms with van der Waals surface area (Å²) >= 11 is 0. The highest BCUT2D eigenvalue weighted by molar-refractivity contribution is 14.0. The van der Waals surface area contributed by atoms with Gasteiger partial charge in [-0.3, -0.25) is 4.99 Å². The average Bonchev–Trinajstić information content (AvgIpc) is 2.48. The fourth-order valence-electron chi connectivity index (χ4n) is 1.79. The van der Waals surface area contributed by atoms with Gasteiger partial charge in [0.15, 0.2) is 5.96 Å². The average molecular weight is 473 g/mol. The van der Waals surface area contributed by atoms with Crippen molar-refractivity contribution in [2.24, 2.45) is 4.99 Å². The van der Waals surface area contributed by atoms with Crippen molar-refractivity contribution in [1.29, 1.82) is 0 Å². The smallest absolute Gasteiger partial charge is 0.191 e. The monoisotopic (exact) mass is 473 g/mol. The van der Waals surface area contributed by atoms with Crippen LogP contribution < -0.4 is 15.4 Å². The summed E-state index contributed by atoms with van der Waals surface area (Å²) in [5.41, 5.74) is 0. The summed E-state index contributed by atoms with van der Waals surface area (Å²) in [6, 6.07) is 5.99. The normalized spacial score (nSPS) is 12.9. The van der Waals surface area contributed by atoms with Crippen LogP contribution in [0.3, 0.4) is 0 Å². The number of aliphatic imine (C=N–C) groups is 1. The number of ether oxygens (including phenoxy) is 1. The van der Waals surface area contributed by atoms with E-state index >= 15 is 0 Å². The number of guanidine groups is 1. The molecule has 0 heterocycles. The van der Waals surface area contributed by atoms with Gasteiger partial charge in [0.1, 0.15) is 27.5 Å². The van der Waals surface area contributed by atoms with Crippen LogP contribution in [-0.2, 0) is 9.84 Å².